The number of aromatic nitrogens is 2. The minimum atomic E-state index is -1.41. The molecule has 31 heavy (non-hydrogen) atoms. The number of H-pyrrole nitrogens is 1. The molecular weight excluding hydrogens is 419 g/mol. The lowest BCUT2D eigenvalue weighted by Crippen LogP contribution is -2.57. The van der Waals surface area contributed by atoms with E-state index in [9.17, 15) is 9.90 Å². The number of hydrogen-bond acceptors (Lipinski definition) is 4. The quantitative estimate of drug-likeness (QED) is 0.575. The van der Waals surface area contributed by atoms with Gasteiger partial charge in [0.2, 0.25) is 5.91 Å². The molecule has 0 aliphatic carbocycles. The minimum Gasteiger partial charge on any atom is -0.384 e. The number of piperidine rings is 1. The van der Waals surface area contributed by atoms with Crippen LogP contribution in [0, 0.1) is 24.6 Å². The van der Waals surface area contributed by atoms with Gasteiger partial charge in [0.05, 0.1) is 11.6 Å². The van der Waals surface area contributed by atoms with Crippen LogP contribution in [-0.2, 0) is 10.4 Å². The number of carbonyl (C=O) groups is 1. The molecule has 164 valence electrons. The number of pyridine rings is 1. The van der Waals surface area contributed by atoms with Crippen LogP contribution in [-0.4, -0.2) is 45.5 Å². The molecule has 0 spiro atoms. The normalized spacial score (nSPS) is 24.0. The van der Waals surface area contributed by atoms with Crippen molar-refractivity contribution in [1.29, 1.82) is 0 Å². The fraction of sp³-hybridized carbons (Fsp3) is 0.391. The van der Waals surface area contributed by atoms with Crippen molar-refractivity contribution in [3.63, 3.8) is 0 Å². The molecule has 1 aromatic carbocycles. The maximum atomic E-state index is 15.6. The van der Waals surface area contributed by atoms with E-state index >= 15 is 4.39 Å². The first-order valence-corrected chi connectivity index (χ1v) is 10.7. The highest BCUT2D eigenvalue weighted by molar-refractivity contribution is 6.36. The summed E-state index contributed by atoms with van der Waals surface area (Å²) in [6, 6.07) is 5.10. The highest BCUT2D eigenvalue weighted by atomic mass is 35.5. The molecule has 3 atom stereocenters. The molecule has 1 aliphatic rings. The minimum absolute atomic E-state index is 0.0813. The van der Waals surface area contributed by atoms with E-state index in [0.29, 0.717) is 34.9 Å². The summed E-state index contributed by atoms with van der Waals surface area (Å²) in [6.07, 6.45) is 3.30. The van der Waals surface area contributed by atoms with Crippen molar-refractivity contribution in [2.75, 3.05) is 19.6 Å². The lowest BCUT2D eigenvalue weighted by Gasteiger charge is -2.48. The lowest BCUT2D eigenvalue weighted by molar-refractivity contribution is -0.148. The zero-order chi connectivity index (χ0) is 22.5. The lowest BCUT2D eigenvalue weighted by atomic mass is 9.69. The van der Waals surface area contributed by atoms with Crippen molar-refractivity contribution < 1.29 is 14.3 Å². The van der Waals surface area contributed by atoms with Crippen LogP contribution in [0.1, 0.15) is 25.0 Å². The first-order chi connectivity index (χ1) is 14.7. The summed E-state index contributed by atoms with van der Waals surface area (Å²) in [5.74, 6) is -1.38. The van der Waals surface area contributed by atoms with Crippen LogP contribution in [0.5, 0.6) is 0 Å². The molecule has 1 fully saturated rings. The topological polar surface area (TPSA) is 95.2 Å². The highest BCUT2D eigenvalue weighted by Crippen LogP contribution is 2.45. The van der Waals surface area contributed by atoms with Crippen LogP contribution in [0.15, 0.2) is 30.6 Å². The number of aryl methyl sites for hydroxylation is 1. The van der Waals surface area contributed by atoms with Gasteiger partial charge in [0.1, 0.15) is 17.1 Å². The van der Waals surface area contributed by atoms with Crippen LogP contribution in [0.2, 0.25) is 5.02 Å². The van der Waals surface area contributed by atoms with E-state index in [-0.39, 0.29) is 29.9 Å². The van der Waals surface area contributed by atoms with Crippen LogP contribution < -0.4 is 5.73 Å². The highest BCUT2D eigenvalue weighted by Gasteiger charge is 2.48. The number of likely N-dealkylation sites (tertiary alicyclic amines) is 1. The number of nitrogens with two attached hydrogens (primary N) is 1. The van der Waals surface area contributed by atoms with Crippen molar-refractivity contribution in [3.05, 3.63) is 52.6 Å². The standard InChI is InChI=1S/C23H26ClFN4O2/c1-12-6-15(16-4-5-27-22-20(16)17(24)9-28-22)7-18(25)21(12)23(31)13(2)10-29(11-14(23)3)19(30)8-26/h4-7,9,13-14,31H,8,10-11,26H2,1-3H3,(H,27,28)/t13-,14+,23?. The average Bonchev–Trinajstić information content (AvgIpc) is 3.11. The Labute approximate surface area is 185 Å². The number of benzene rings is 1. The second-order valence-corrected chi connectivity index (χ2v) is 8.91. The molecule has 3 heterocycles. The first-order valence-electron chi connectivity index (χ1n) is 10.3. The van der Waals surface area contributed by atoms with Gasteiger partial charge in [-0.3, -0.25) is 4.79 Å². The number of rotatable bonds is 3. The summed E-state index contributed by atoms with van der Waals surface area (Å²) in [7, 11) is 0. The number of fused-ring (bicyclic) bond motifs is 1. The Bertz CT molecular complexity index is 1130. The molecule has 0 radical (unpaired) electrons. The van der Waals surface area contributed by atoms with Gasteiger partial charge < -0.3 is 20.7 Å². The predicted octanol–water partition coefficient (Wildman–Crippen LogP) is 3.59. The Morgan fingerprint density at radius 1 is 1.39 bits per heavy atom. The Balaban J connectivity index is 1.79. The number of nitrogens with zero attached hydrogens (tertiary/aromatic N) is 2. The van der Waals surface area contributed by atoms with E-state index in [1.54, 1.807) is 30.3 Å². The molecule has 1 amide bonds. The first kappa shape index (κ1) is 21.7. The molecular formula is C23H26ClFN4O2. The van der Waals surface area contributed by atoms with Crippen molar-refractivity contribution in [2.45, 2.75) is 26.4 Å². The zero-order valence-electron chi connectivity index (χ0n) is 17.7. The molecule has 8 heteroatoms. The third kappa shape index (κ3) is 3.41. The van der Waals surface area contributed by atoms with E-state index in [2.05, 4.69) is 9.97 Å². The van der Waals surface area contributed by atoms with Crippen LogP contribution in [0.3, 0.4) is 0 Å². The number of nitrogens with one attached hydrogen (secondary N) is 1. The summed E-state index contributed by atoms with van der Waals surface area (Å²) < 4.78 is 15.6. The van der Waals surface area contributed by atoms with Gasteiger partial charge in [-0.25, -0.2) is 9.37 Å². The molecule has 4 rings (SSSR count). The third-order valence-corrected chi connectivity index (χ3v) is 6.84. The Kier molecular flexibility index (Phi) is 5.54. The molecule has 1 unspecified atom stereocenters. The average molecular weight is 445 g/mol. The summed E-state index contributed by atoms with van der Waals surface area (Å²) in [6.45, 7) is 6.04. The van der Waals surface area contributed by atoms with Gasteiger partial charge in [-0.2, -0.15) is 0 Å². The fourth-order valence-corrected chi connectivity index (χ4v) is 5.24. The van der Waals surface area contributed by atoms with Crippen LogP contribution in [0.4, 0.5) is 4.39 Å². The smallest absolute Gasteiger partial charge is 0.236 e. The van der Waals surface area contributed by atoms with Crippen LogP contribution >= 0.6 is 11.6 Å². The van der Waals surface area contributed by atoms with Crippen molar-refractivity contribution in [3.8, 4) is 11.1 Å². The summed E-state index contributed by atoms with van der Waals surface area (Å²) in [5, 5.41) is 13.0. The number of hydrogen-bond donors (Lipinski definition) is 3. The van der Waals surface area contributed by atoms with E-state index in [4.69, 9.17) is 17.3 Å². The Morgan fingerprint density at radius 3 is 2.68 bits per heavy atom. The maximum Gasteiger partial charge on any atom is 0.236 e. The second kappa shape index (κ2) is 7.89. The van der Waals surface area contributed by atoms with Gasteiger partial charge in [0.25, 0.3) is 0 Å². The monoisotopic (exact) mass is 444 g/mol. The van der Waals surface area contributed by atoms with Crippen LogP contribution in [0.25, 0.3) is 22.2 Å². The molecule has 3 aromatic rings. The Morgan fingerprint density at radius 2 is 2.06 bits per heavy atom. The van der Waals surface area contributed by atoms with Crippen molar-refractivity contribution >= 4 is 28.5 Å². The van der Waals surface area contributed by atoms with E-state index < -0.39 is 11.4 Å². The van der Waals surface area contributed by atoms with E-state index in [1.165, 1.54) is 6.07 Å². The van der Waals surface area contributed by atoms with Gasteiger partial charge in [0.15, 0.2) is 0 Å². The fourth-order valence-electron chi connectivity index (χ4n) is 4.99. The number of aliphatic hydroxyl groups is 1. The number of amides is 1. The molecule has 1 saturated heterocycles. The number of carbonyl (C=O) groups excluding carboxylic acids is 1. The van der Waals surface area contributed by atoms with E-state index in [1.807, 2.05) is 19.9 Å². The van der Waals surface area contributed by atoms with Crippen molar-refractivity contribution in [2.24, 2.45) is 17.6 Å². The third-order valence-electron chi connectivity index (χ3n) is 6.54. The SMILES string of the molecule is Cc1cc(-c2ccnc3[nH]cc(Cl)c23)cc(F)c1C1(O)[C@H](C)CN(C(=O)CN)C[C@@H]1C. The van der Waals surface area contributed by atoms with E-state index in [0.717, 1.165) is 10.9 Å². The predicted molar refractivity (Wildman–Crippen MR) is 119 cm³/mol. The number of aromatic amines is 1. The van der Waals surface area contributed by atoms with Gasteiger partial charge in [0, 0.05) is 48.3 Å². The van der Waals surface area contributed by atoms with Gasteiger partial charge in [-0.05, 0) is 35.7 Å². The molecule has 6 nitrogen and oxygen atoms in total. The second-order valence-electron chi connectivity index (χ2n) is 8.50. The Hall–Kier alpha value is -2.48. The summed E-state index contributed by atoms with van der Waals surface area (Å²) in [5.41, 5.74) is 7.08. The summed E-state index contributed by atoms with van der Waals surface area (Å²) in [4.78, 5) is 21.0. The number of halogens is 2. The maximum absolute atomic E-state index is 15.6. The van der Waals surface area contributed by atoms with Gasteiger partial charge >= 0.3 is 0 Å². The van der Waals surface area contributed by atoms with Gasteiger partial charge in [-0.15, -0.1) is 0 Å². The summed E-state index contributed by atoms with van der Waals surface area (Å²) >= 11 is 6.33. The molecule has 0 bridgehead atoms. The van der Waals surface area contributed by atoms with Crippen molar-refractivity contribution in [1.82, 2.24) is 14.9 Å². The zero-order valence-corrected chi connectivity index (χ0v) is 18.5. The molecule has 2 aromatic heterocycles. The van der Waals surface area contributed by atoms with Gasteiger partial charge in [-0.1, -0.05) is 31.5 Å². The molecule has 1 aliphatic heterocycles. The largest absolute Gasteiger partial charge is 0.384 e. The molecule has 0 saturated carbocycles. The molecule has 4 N–H and O–H groups in total.